The summed E-state index contributed by atoms with van der Waals surface area (Å²) in [7, 11) is 1.72. The van der Waals surface area contributed by atoms with Crippen LogP contribution < -0.4 is 5.32 Å². The highest BCUT2D eigenvalue weighted by Crippen LogP contribution is 2.13. The Hall–Kier alpha value is -1.20. The molecule has 5 heteroatoms. The van der Waals surface area contributed by atoms with Gasteiger partial charge in [-0.05, 0) is 26.7 Å². The van der Waals surface area contributed by atoms with E-state index in [-0.39, 0.29) is 5.60 Å². The zero-order valence-electron chi connectivity index (χ0n) is 12.4. The van der Waals surface area contributed by atoms with E-state index < -0.39 is 0 Å². The summed E-state index contributed by atoms with van der Waals surface area (Å²) < 4.78 is 10.9. The lowest BCUT2D eigenvalue weighted by atomic mass is 10.1. The summed E-state index contributed by atoms with van der Waals surface area (Å²) in [6, 6.07) is 0. The molecule has 0 aliphatic heterocycles. The molecule has 0 radical (unpaired) electrons. The van der Waals surface area contributed by atoms with Crippen molar-refractivity contribution in [2.75, 3.05) is 25.6 Å². The van der Waals surface area contributed by atoms with Gasteiger partial charge in [0.15, 0.2) is 0 Å². The number of anilines is 1. The summed E-state index contributed by atoms with van der Waals surface area (Å²) in [5.41, 5.74) is 0.705. The molecule has 0 saturated heterocycles. The standard InChI is InChI=1S/C14H25N3O2/c1-5-7-15-13-10-16-12(9-17-13)11-19-8-6-14(2,3)18-4/h9-10H,5-8,11H2,1-4H3,(H,15,17). The smallest absolute Gasteiger partial charge is 0.144 e. The van der Waals surface area contributed by atoms with E-state index in [4.69, 9.17) is 9.47 Å². The van der Waals surface area contributed by atoms with Crippen LogP contribution in [0.1, 0.15) is 39.3 Å². The van der Waals surface area contributed by atoms with Gasteiger partial charge in [-0.1, -0.05) is 6.92 Å². The first-order chi connectivity index (χ1) is 9.07. The van der Waals surface area contributed by atoms with E-state index in [1.54, 1.807) is 19.5 Å². The molecule has 1 aromatic heterocycles. The fourth-order valence-corrected chi connectivity index (χ4v) is 1.37. The first-order valence-electron chi connectivity index (χ1n) is 6.75. The Labute approximate surface area is 115 Å². The highest BCUT2D eigenvalue weighted by Gasteiger charge is 2.15. The van der Waals surface area contributed by atoms with Crippen LogP contribution in [0.4, 0.5) is 5.82 Å². The van der Waals surface area contributed by atoms with Gasteiger partial charge in [0.2, 0.25) is 0 Å². The number of aromatic nitrogens is 2. The molecule has 0 amide bonds. The number of methoxy groups -OCH3 is 1. The maximum Gasteiger partial charge on any atom is 0.144 e. The minimum Gasteiger partial charge on any atom is -0.379 e. The topological polar surface area (TPSA) is 56.3 Å². The van der Waals surface area contributed by atoms with Gasteiger partial charge in [-0.3, -0.25) is 4.98 Å². The van der Waals surface area contributed by atoms with Gasteiger partial charge in [0.1, 0.15) is 5.82 Å². The van der Waals surface area contributed by atoms with Gasteiger partial charge in [0, 0.05) is 20.3 Å². The second kappa shape index (κ2) is 8.07. The second-order valence-corrected chi connectivity index (χ2v) is 5.09. The van der Waals surface area contributed by atoms with Crippen LogP contribution in [0, 0.1) is 0 Å². The molecule has 1 heterocycles. The van der Waals surface area contributed by atoms with Gasteiger partial charge in [-0.2, -0.15) is 0 Å². The fourth-order valence-electron chi connectivity index (χ4n) is 1.37. The van der Waals surface area contributed by atoms with Gasteiger partial charge < -0.3 is 14.8 Å². The van der Waals surface area contributed by atoms with Gasteiger partial charge in [-0.15, -0.1) is 0 Å². The third-order valence-corrected chi connectivity index (χ3v) is 2.91. The van der Waals surface area contributed by atoms with Crippen molar-refractivity contribution in [2.45, 2.75) is 45.8 Å². The fraction of sp³-hybridized carbons (Fsp3) is 0.714. The average molecular weight is 267 g/mol. The Bertz CT molecular complexity index is 352. The van der Waals surface area contributed by atoms with Crippen LogP contribution in [0.15, 0.2) is 12.4 Å². The number of hydrogen-bond donors (Lipinski definition) is 1. The van der Waals surface area contributed by atoms with Crippen LogP contribution in [-0.4, -0.2) is 35.8 Å². The second-order valence-electron chi connectivity index (χ2n) is 5.09. The lowest BCUT2D eigenvalue weighted by molar-refractivity contribution is -0.0128. The minimum absolute atomic E-state index is 0.139. The summed E-state index contributed by atoms with van der Waals surface area (Å²) >= 11 is 0. The van der Waals surface area contributed by atoms with Crippen molar-refractivity contribution in [2.24, 2.45) is 0 Å². The molecule has 108 valence electrons. The summed E-state index contributed by atoms with van der Waals surface area (Å²) in [5, 5.41) is 3.19. The van der Waals surface area contributed by atoms with Gasteiger partial charge in [-0.25, -0.2) is 4.98 Å². The maximum atomic E-state index is 5.58. The number of hydrogen-bond acceptors (Lipinski definition) is 5. The van der Waals surface area contributed by atoms with E-state index in [0.29, 0.717) is 13.2 Å². The molecule has 0 aliphatic carbocycles. The van der Waals surface area contributed by atoms with Gasteiger partial charge >= 0.3 is 0 Å². The molecular formula is C14H25N3O2. The van der Waals surface area contributed by atoms with Crippen LogP contribution in [0.5, 0.6) is 0 Å². The highest BCUT2D eigenvalue weighted by atomic mass is 16.5. The molecule has 0 saturated carbocycles. The first-order valence-corrected chi connectivity index (χ1v) is 6.75. The number of ether oxygens (including phenoxy) is 2. The summed E-state index contributed by atoms with van der Waals surface area (Å²) in [5.74, 6) is 0.811. The monoisotopic (exact) mass is 267 g/mol. The number of nitrogens with zero attached hydrogens (tertiary/aromatic N) is 2. The molecule has 0 aliphatic rings. The largest absolute Gasteiger partial charge is 0.379 e. The molecule has 0 aromatic carbocycles. The van der Waals surface area contributed by atoms with Crippen LogP contribution in [0.25, 0.3) is 0 Å². The van der Waals surface area contributed by atoms with Crippen LogP contribution >= 0.6 is 0 Å². The number of nitrogens with one attached hydrogen (secondary N) is 1. The van der Waals surface area contributed by atoms with E-state index in [1.807, 2.05) is 13.8 Å². The Balaban J connectivity index is 2.26. The van der Waals surface area contributed by atoms with Crippen molar-refractivity contribution in [3.05, 3.63) is 18.1 Å². The van der Waals surface area contributed by atoms with Crippen molar-refractivity contribution in [1.82, 2.24) is 9.97 Å². The lowest BCUT2D eigenvalue weighted by Gasteiger charge is -2.22. The molecule has 0 unspecified atom stereocenters. The third kappa shape index (κ3) is 6.50. The van der Waals surface area contributed by atoms with Crippen molar-refractivity contribution in [1.29, 1.82) is 0 Å². The van der Waals surface area contributed by atoms with Gasteiger partial charge in [0.05, 0.1) is 30.3 Å². The van der Waals surface area contributed by atoms with Crippen LogP contribution in [0.3, 0.4) is 0 Å². The Kier molecular flexibility index (Phi) is 6.73. The Morgan fingerprint density at radius 3 is 2.63 bits per heavy atom. The zero-order valence-corrected chi connectivity index (χ0v) is 12.4. The molecule has 0 fully saturated rings. The predicted molar refractivity (Wildman–Crippen MR) is 76.2 cm³/mol. The maximum absolute atomic E-state index is 5.58. The van der Waals surface area contributed by atoms with Crippen molar-refractivity contribution in [3.63, 3.8) is 0 Å². The molecule has 0 bridgehead atoms. The quantitative estimate of drug-likeness (QED) is 0.697. The van der Waals surface area contributed by atoms with E-state index in [0.717, 1.165) is 30.9 Å². The molecule has 5 nitrogen and oxygen atoms in total. The molecule has 1 aromatic rings. The molecule has 1 N–H and O–H groups in total. The summed E-state index contributed by atoms with van der Waals surface area (Å²) in [4.78, 5) is 8.59. The highest BCUT2D eigenvalue weighted by molar-refractivity contribution is 5.30. The lowest BCUT2D eigenvalue weighted by Crippen LogP contribution is -2.24. The van der Waals surface area contributed by atoms with E-state index >= 15 is 0 Å². The SMILES string of the molecule is CCCNc1cnc(COCCC(C)(C)OC)cn1. The van der Waals surface area contributed by atoms with E-state index in [9.17, 15) is 0 Å². The molecule has 0 spiro atoms. The minimum atomic E-state index is -0.139. The van der Waals surface area contributed by atoms with Crippen LogP contribution in [0.2, 0.25) is 0 Å². The first kappa shape index (κ1) is 15.9. The zero-order chi connectivity index (χ0) is 14.1. The predicted octanol–water partition coefficient (Wildman–Crippen LogP) is 2.63. The average Bonchev–Trinajstić information content (AvgIpc) is 2.42. The molecule has 1 rings (SSSR count). The molecule has 19 heavy (non-hydrogen) atoms. The number of rotatable bonds is 9. The van der Waals surface area contributed by atoms with Crippen molar-refractivity contribution in [3.8, 4) is 0 Å². The summed E-state index contributed by atoms with van der Waals surface area (Å²) in [6.45, 7) is 8.26. The molecular weight excluding hydrogens is 242 g/mol. The Morgan fingerprint density at radius 2 is 2.05 bits per heavy atom. The molecule has 0 atom stereocenters. The van der Waals surface area contributed by atoms with Crippen molar-refractivity contribution < 1.29 is 9.47 Å². The van der Waals surface area contributed by atoms with Crippen LogP contribution in [-0.2, 0) is 16.1 Å². The van der Waals surface area contributed by atoms with Crippen molar-refractivity contribution >= 4 is 5.82 Å². The normalized spacial score (nSPS) is 11.6. The van der Waals surface area contributed by atoms with E-state index in [2.05, 4.69) is 22.2 Å². The summed E-state index contributed by atoms with van der Waals surface area (Å²) in [6.07, 6.45) is 5.42. The van der Waals surface area contributed by atoms with Gasteiger partial charge in [0.25, 0.3) is 0 Å². The third-order valence-electron chi connectivity index (χ3n) is 2.91. The Morgan fingerprint density at radius 1 is 1.26 bits per heavy atom. The van der Waals surface area contributed by atoms with E-state index in [1.165, 1.54) is 0 Å².